The lowest BCUT2D eigenvalue weighted by molar-refractivity contribution is 0.403. The monoisotopic (exact) mass is 141 g/mol. The Bertz CT molecular complexity index is 84.7. The maximum absolute atomic E-state index is 5.55. The zero-order valence-corrected chi connectivity index (χ0v) is 6.97. The Kier molecular flexibility index (Phi) is 3.20. The first-order chi connectivity index (χ1) is 4.83. The van der Waals surface area contributed by atoms with Crippen molar-refractivity contribution in [3.8, 4) is 0 Å². The lowest BCUT2D eigenvalue weighted by Gasteiger charge is -2.13. The molecule has 0 aromatic carbocycles. The third kappa shape index (κ3) is 2.30. The van der Waals surface area contributed by atoms with E-state index in [1.165, 1.54) is 32.1 Å². The number of hydrogen-bond donors (Lipinski definition) is 1. The second-order valence-corrected chi connectivity index (χ2v) is 3.73. The van der Waals surface area contributed by atoms with Crippen molar-refractivity contribution < 1.29 is 0 Å². The van der Waals surface area contributed by atoms with Crippen LogP contribution in [0.15, 0.2) is 0 Å². The van der Waals surface area contributed by atoms with E-state index >= 15 is 0 Å². The molecule has 1 saturated carbocycles. The fourth-order valence-corrected chi connectivity index (χ4v) is 1.91. The third-order valence-electron chi connectivity index (χ3n) is 2.61. The highest BCUT2D eigenvalue weighted by Crippen LogP contribution is 2.29. The lowest BCUT2D eigenvalue weighted by atomic mass is 9.95. The summed E-state index contributed by atoms with van der Waals surface area (Å²) in [6.07, 6.45) is 7.22. The predicted molar refractivity (Wildman–Crippen MR) is 44.8 cm³/mol. The van der Waals surface area contributed by atoms with Gasteiger partial charge in [0.1, 0.15) is 0 Å². The van der Waals surface area contributed by atoms with Crippen molar-refractivity contribution >= 4 is 0 Å². The van der Waals surface area contributed by atoms with Gasteiger partial charge in [0.05, 0.1) is 0 Å². The molecule has 1 unspecified atom stereocenters. The number of rotatable bonds is 3. The van der Waals surface area contributed by atoms with Gasteiger partial charge < -0.3 is 5.73 Å². The molecule has 10 heavy (non-hydrogen) atoms. The van der Waals surface area contributed by atoms with Crippen LogP contribution >= 0.6 is 0 Å². The average molecular weight is 141 g/mol. The van der Waals surface area contributed by atoms with Gasteiger partial charge in [0.2, 0.25) is 0 Å². The van der Waals surface area contributed by atoms with E-state index in [0.29, 0.717) is 0 Å². The summed E-state index contributed by atoms with van der Waals surface area (Å²) in [5, 5.41) is 0. The first kappa shape index (κ1) is 8.06. The smallest absolute Gasteiger partial charge is 0.00514 e. The van der Waals surface area contributed by atoms with Crippen molar-refractivity contribution in [3.05, 3.63) is 0 Å². The van der Waals surface area contributed by atoms with Crippen LogP contribution in [0.5, 0.6) is 0 Å². The molecule has 0 aromatic rings. The summed E-state index contributed by atoms with van der Waals surface area (Å²) in [5.74, 6) is 1.77. The Morgan fingerprint density at radius 1 is 1.40 bits per heavy atom. The van der Waals surface area contributed by atoms with Crippen molar-refractivity contribution in [2.45, 2.75) is 39.0 Å². The molecule has 1 heteroatoms. The molecule has 1 aliphatic carbocycles. The summed E-state index contributed by atoms with van der Waals surface area (Å²) in [6, 6.07) is 0. The fraction of sp³-hybridized carbons (Fsp3) is 1.00. The molecule has 1 fully saturated rings. The zero-order valence-electron chi connectivity index (χ0n) is 6.97. The van der Waals surface area contributed by atoms with Crippen LogP contribution < -0.4 is 5.73 Å². The molecule has 0 bridgehead atoms. The van der Waals surface area contributed by atoms with Crippen molar-refractivity contribution in [2.24, 2.45) is 17.6 Å². The summed E-state index contributed by atoms with van der Waals surface area (Å²) in [4.78, 5) is 0. The number of hydrogen-bond acceptors (Lipinski definition) is 1. The Morgan fingerprint density at radius 2 is 2.00 bits per heavy atom. The summed E-state index contributed by atoms with van der Waals surface area (Å²) in [7, 11) is 0. The minimum atomic E-state index is 0.753. The highest BCUT2D eigenvalue weighted by Gasteiger charge is 2.16. The van der Waals surface area contributed by atoms with Gasteiger partial charge in [0.15, 0.2) is 0 Å². The largest absolute Gasteiger partial charge is 0.330 e. The normalized spacial score (nSPS) is 23.4. The molecular weight excluding hydrogens is 122 g/mol. The highest BCUT2D eigenvalue weighted by molar-refractivity contribution is 4.69. The second kappa shape index (κ2) is 3.97. The minimum Gasteiger partial charge on any atom is -0.330 e. The van der Waals surface area contributed by atoms with E-state index in [1.54, 1.807) is 0 Å². The fourth-order valence-electron chi connectivity index (χ4n) is 1.91. The quantitative estimate of drug-likeness (QED) is 0.640. The van der Waals surface area contributed by atoms with E-state index in [4.69, 9.17) is 5.73 Å². The lowest BCUT2D eigenvalue weighted by Crippen LogP contribution is -2.13. The van der Waals surface area contributed by atoms with Crippen LogP contribution in [0, 0.1) is 11.8 Å². The highest BCUT2D eigenvalue weighted by atomic mass is 14.5. The van der Waals surface area contributed by atoms with Crippen LogP contribution in [0.25, 0.3) is 0 Å². The molecule has 0 aromatic heterocycles. The third-order valence-corrected chi connectivity index (χ3v) is 2.61. The van der Waals surface area contributed by atoms with Crippen LogP contribution in [0.4, 0.5) is 0 Å². The van der Waals surface area contributed by atoms with Gasteiger partial charge in [-0.25, -0.2) is 0 Å². The SMILES string of the molecule is CC(CN)CC1CCCC1. The summed E-state index contributed by atoms with van der Waals surface area (Å²) >= 11 is 0. The molecule has 0 amide bonds. The van der Waals surface area contributed by atoms with Crippen LogP contribution in [0.3, 0.4) is 0 Å². The molecule has 60 valence electrons. The number of nitrogens with two attached hydrogens (primary N) is 1. The van der Waals surface area contributed by atoms with Crippen molar-refractivity contribution in [1.29, 1.82) is 0 Å². The van der Waals surface area contributed by atoms with Crippen LogP contribution in [-0.2, 0) is 0 Å². The molecule has 0 aliphatic heterocycles. The van der Waals surface area contributed by atoms with E-state index in [0.717, 1.165) is 18.4 Å². The van der Waals surface area contributed by atoms with Gasteiger partial charge in [-0.15, -0.1) is 0 Å². The van der Waals surface area contributed by atoms with Gasteiger partial charge in [-0.3, -0.25) is 0 Å². The summed E-state index contributed by atoms with van der Waals surface area (Å²) < 4.78 is 0. The molecule has 0 radical (unpaired) electrons. The molecule has 0 saturated heterocycles. The molecule has 0 spiro atoms. The molecule has 1 rings (SSSR count). The standard InChI is InChI=1S/C9H19N/c1-8(7-10)6-9-4-2-3-5-9/h8-9H,2-7,10H2,1H3. The first-order valence-electron chi connectivity index (χ1n) is 4.53. The van der Waals surface area contributed by atoms with Crippen LogP contribution in [0.1, 0.15) is 39.0 Å². The molecule has 0 heterocycles. The second-order valence-electron chi connectivity index (χ2n) is 3.73. The van der Waals surface area contributed by atoms with Gasteiger partial charge in [0.25, 0.3) is 0 Å². The topological polar surface area (TPSA) is 26.0 Å². The van der Waals surface area contributed by atoms with E-state index in [9.17, 15) is 0 Å². The molecular formula is C9H19N. The van der Waals surface area contributed by atoms with Gasteiger partial charge in [-0.05, 0) is 24.8 Å². The molecule has 1 aliphatic rings. The van der Waals surface area contributed by atoms with E-state index in [1.807, 2.05) is 0 Å². The zero-order chi connectivity index (χ0) is 7.40. The van der Waals surface area contributed by atoms with E-state index in [-0.39, 0.29) is 0 Å². The van der Waals surface area contributed by atoms with Crippen LogP contribution in [0.2, 0.25) is 0 Å². The van der Waals surface area contributed by atoms with Crippen molar-refractivity contribution in [1.82, 2.24) is 0 Å². The summed E-state index contributed by atoms with van der Waals surface area (Å²) in [6.45, 7) is 3.13. The van der Waals surface area contributed by atoms with Gasteiger partial charge in [0, 0.05) is 0 Å². The molecule has 1 atom stereocenters. The van der Waals surface area contributed by atoms with E-state index in [2.05, 4.69) is 6.92 Å². The van der Waals surface area contributed by atoms with Gasteiger partial charge in [-0.2, -0.15) is 0 Å². The van der Waals surface area contributed by atoms with Gasteiger partial charge in [-0.1, -0.05) is 32.6 Å². The molecule has 2 N–H and O–H groups in total. The van der Waals surface area contributed by atoms with Crippen molar-refractivity contribution in [2.75, 3.05) is 6.54 Å². The minimum absolute atomic E-state index is 0.753. The predicted octanol–water partition coefficient (Wildman–Crippen LogP) is 2.16. The average Bonchev–Trinajstić information content (AvgIpc) is 2.40. The maximum atomic E-state index is 5.55. The van der Waals surface area contributed by atoms with Crippen molar-refractivity contribution in [3.63, 3.8) is 0 Å². The van der Waals surface area contributed by atoms with Gasteiger partial charge >= 0.3 is 0 Å². The van der Waals surface area contributed by atoms with E-state index < -0.39 is 0 Å². The molecule has 1 nitrogen and oxygen atoms in total. The maximum Gasteiger partial charge on any atom is -0.00514 e. The summed E-state index contributed by atoms with van der Waals surface area (Å²) in [5.41, 5.74) is 5.55. The van der Waals surface area contributed by atoms with Crippen LogP contribution in [-0.4, -0.2) is 6.54 Å². The first-order valence-corrected chi connectivity index (χ1v) is 4.53. The Morgan fingerprint density at radius 3 is 2.50 bits per heavy atom. The Labute approximate surface area is 64.0 Å². The Balaban J connectivity index is 2.11. The Hall–Kier alpha value is -0.0400.